The number of carbonyl (C=O) groups is 1. The molecule has 3 aliphatic rings. The lowest BCUT2D eigenvalue weighted by Gasteiger charge is -2.61. The van der Waals surface area contributed by atoms with Crippen LogP contribution < -0.4 is 9.47 Å². The molecule has 0 aliphatic heterocycles. The number of thioether (sulfide) groups is 2. The third-order valence-corrected chi connectivity index (χ3v) is 14.3. The number of carbonyl (C=O) groups excluding carboxylic acids is 1. The van der Waals surface area contributed by atoms with Crippen molar-refractivity contribution < 1.29 is 28.5 Å². The maximum Gasteiger partial charge on any atom is 0.354 e. The van der Waals surface area contributed by atoms with Gasteiger partial charge >= 0.3 is 5.97 Å². The monoisotopic (exact) mass is 860 g/mol. The molecule has 4 heterocycles. The Morgan fingerprint density at radius 2 is 1.79 bits per heavy atom. The van der Waals surface area contributed by atoms with Gasteiger partial charge in [0.25, 0.3) is 0 Å². The number of aromatic nitrogens is 6. The van der Waals surface area contributed by atoms with E-state index in [2.05, 4.69) is 33.9 Å². The van der Waals surface area contributed by atoms with Crippen molar-refractivity contribution in [1.29, 1.82) is 0 Å². The zero-order chi connectivity index (χ0) is 42.4. The molecule has 0 spiro atoms. The van der Waals surface area contributed by atoms with Crippen LogP contribution in [0.3, 0.4) is 0 Å². The van der Waals surface area contributed by atoms with Crippen LogP contribution in [-0.2, 0) is 54.7 Å². The van der Waals surface area contributed by atoms with Crippen LogP contribution in [0.1, 0.15) is 70.1 Å². The van der Waals surface area contributed by atoms with Gasteiger partial charge in [-0.3, -0.25) is 14.3 Å². The van der Waals surface area contributed by atoms with Crippen molar-refractivity contribution in [2.75, 3.05) is 20.8 Å². The third-order valence-electron chi connectivity index (χ3n) is 12.3. The summed E-state index contributed by atoms with van der Waals surface area (Å²) in [5, 5.41) is 21.5. The van der Waals surface area contributed by atoms with Gasteiger partial charge in [0.2, 0.25) is 0 Å². The SMILES string of the molecule is COC(=O)c1c(CCCO)c2ccc(F)c(-c3c(C)nn(C45CC(C4)C5)c3CSCc3cc(CSc4cc(OCc5ccc(OC)cc5)c5ncccc5c4)n(C)n3)c2n1C. The smallest absolute Gasteiger partial charge is 0.354 e. The Morgan fingerprint density at radius 3 is 2.51 bits per heavy atom. The summed E-state index contributed by atoms with van der Waals surface area (Å²) in [5.41, 5.74) is 8.64. The Kier molecular flexibility index (Phi) is 11.4. The molecule has 14 heteroatoms. The molecule has 7 aromatic rings. The van der Waals surface area contributed by atoms with Crippen LogP contribution in [0.25, 0.3) is 32.9 Å². The van der Waals surface area contributed by atoms with E-state index < -0.39 is 5.97 Å². The average Bonchev–Trinajstić information content (AvgIpc) is 3.85. The van der Waals surface area contributed by atoms with Gasteiger partial charge in [-0.05, 0) is 105 Å². The van der Waals surface area contributed by atoms with E-state index in [1.165, 1.54) is 13.2 Å². The van der Waals surface area contributed by atoms with E-state index in [-0.39, 0.29) is 18.0 Å². The fraction of sp³-hybridized carbons (Fsp3) is 0.362. The molecule has 3 saturated carbocycles. The summed E-state index contributed by atoms with van der Waals surface area (Å²) in [7, 11) is 6.79. The van der Waals surface area contributed by atoms with Gasteiger partial charge in [0.1, 0.15) is 35.1 Å². The van der Waals surface area contributed by atoms with Crippen molar-refractivity contribution in [1.82, 2.24) is 29.1 Å². The van der Waals surface area contributed by atoms with Gasteiger partial charge < -0.3 is 23.9 Å². The summed E-state index contributed by atoms with van der Waals surface area (Å²) in [6, 6.07) is 21.5. The van der Waals surface area contributed by atoms with Crippen LogP contribution >= 0.6 is 23.5 Å². The van der Waals surface area contributed by atoms with Gasteiger partial charge in [-0.15, -0.1) is 23.5 Å². The molecule has 3 aromatic carbocycles. The molecule has 0 unspecified atom stereocenters. The molecule has 4 aromatic heterocycles. The number of aliphatic hydroxyl groups is 1. The first-order valence-corrected chi connectivity index (χ1v) is 22.7. The molecule has 316 valence electrons. The number of nitrogens with zero attached hydrogens (tertiary/aromatic N) is 6. The summed E-state index contributed by atoms with van der Waals surface area (Å²) in [6.07, 6.45) is 5.98. The molecular weight excluding hydrogens is 812 g/mol. The average molecular weight is 861 g/mol. The second-order valence-electron chi connectivity index (χ2n) is 16.2. The summed E-state index contributed by atoms with van der Waals surface area (Å²) < 4.78 is 39.2. The summed E-state index contributed by atoms with van der Waals surface area (Å²) in [5.74, 6) is 3.40. The minimum absolute atomic E-state index is 0.0245. The molecule has 0 saturated heterocycles. The van der Waals surface area contributed by atoms with E-state index in [1.54, 1.807) is 54.5 Å². The lowest BCUT2D eigenvalue weighted by Crippen LogP contribution is -2.60. The summed E-state index contributed by atoms with van der Waals surface area (Å²) in [4.78, 5) is 18.9. The molecular formula is C47H49FN6O5S2. The maximum absolute atomic E-state index is 16.5. The number of aliphatic hydroxyl groups excluding tert-OH is 1. The van der Waals surface area contributed by atoms with E-state index in [4.69, 9.17) is 24.4 Å². The van der Waals surface area contributed by atoms with Gasteiger partial charge in [0.05, 0.1) is 42.4 Å². The number of hydrogen-bond donors (Lipinski definition) is 1. The third kappa shape index (κ3) is 7.56. The first kappa shape index (κ1) is 41.1. The summed E-state index contributed by atoms with van der Waals surface area (Å²) >= 11 is 3.48. The van der Waals surface area contributed by atoms with E-state index in [0.29, 0.717) is 53.5 Å². The van der Waals surface area contributed by atoms with Crippen LogP contribution in [-0.4, -0.2) is 61.0 Å². The van der Waals surface area contributed by atoms with Crippen molar-refractivity contribution in [3.05, 3.63) is 118 Å². The lowest BCUT2D eigenvalue weighted by molar-refractivity contribution is -0.0993. The zero-order valence-corrected chi connectivity index (χ0v) is 36.7. The zero-order valence-electron chi connectivity index (χ0n) is 35.0. The van der Waals surface area contributed by atoms with E-state index in [0.717, 1.165) is 97.3 Å². The number of halogens is 1. The van der Waals surface area contributed by atoms with E-state index in [9.17, 15) is 9.90 Å². The number of esters is 1. The van der Waals surface area contributed by atoms with Gasteiger partial charge in [-0.1, -0.05) is 18.2 Å². The minimum Gasteiger partial charge on any atom is -0.497 e. The number of rotatable bonds is 17. The fourth-order valence-corrected chi connectivity index (χ4v) is 11.1. The molecule has 0 radical (unpaired) electrons. The number of methoxy groups -OCH3 is 2. The Bertz CT molecular complexity index is 2760. The number of benzene rings is 3. The molecule has 1 N–H and O–H groups in total. The molecule has 0 atom stereocenters. The van der Waals surface area contributed by atoms with Crippen molar-refractivity contribution in [3.63, 3.8) is 0 Å². The van der Waals surface area contributed by atoms with Crippen LogP contribution in [0, 0.1) is 18.7 Å². The number of pyridine rings is 1. The molecule has 10 rings (SSSR count). The molecule has 3 aliphatic carbocycles. The molecule has 61 heavy (non-hydrogen) atoms. The quantitative estimate of drug-likeness (QED) is 0.0702. The molecule has 0 amide bonds. The predicted molar refractivity (Wildman–Crippen MR) is 238 cm³/mol. The van der Waals surface area contributed by atoms with Gasteiger partial charge in [-0.2, -0.15) is 10.2 Å². The van der Waals surface area contributed by atoms with Crippen molar-refractivity contribution in [2.45, 2.75) is 73.3 Å². The van der Waals surface area contributed by atoms with Crippen LogP contribution in [0.4, 0.5) is 4.39 Å². The fourth-order valence-electron chi connectivity index (χ4n) is 9.22. The number of ether oxygens (including phenoxy) is 3. The van der Waals surface area contributed by atoms with E-state index in [1.807, 2.05) is 49.0 Å². The Morgan fingerprint density at radius 1 is 0.984 bits per heavy atom. The van der Waals surface area contributed by atoms with Gasteiger partial charge in [0.15, 0.2) is 0 Å². The van der Waals surface area contributed by atoms with Gasteiger partial charge in [0, 0.05) is 76.6 Å². The standard InChI is InChI=1S/C47H49FN6O5S2/c1-28-41(42-38(48)15-14-37-36(9-7-17-55)45(46(56)58-5)52(2)44(37)42)39(54(50-28)47-21-30(22-47)23-47)27-60-25-32-19-33(53(3)51-32)26-61-35-18-31-8-6-16-49-43(31)40(20-35)59-24-29-10-12-34(57-4)13-11-29/h6,8,10-16,18-20,30,55H,7,9,17,21-27H2,1-5H3. The largest absolute Gasteiger partial charge is 0.497 e. The first-order valence-electron chi connectivity index (χ1n) is 20.6. The minimum atomic E-state index is -0.489. The highest BCUT2D eigenvalue weighted by molar-refractivity contribution is 7.98. The highest BCUT2D eigenvalue weighted by Gasteiger charge is 2.59. The predicted octanol–water partition coefficient (Wildman–Crippen LogP) is 9.30. The first-order chi connectivity index (χ1) is 29.6. The molecule has 2 bridgehead atoms. The normalized spacial score (nSPS) is 16.8. The summed E-state index contributed by atoms with van der Waals surface area (Å²) in [6.45, 7) is 2.35. The van der Waals surface area contributed by atoms with Crippen LogP contribution in [0.5, 0.6) is 11.5 Å². The highest BCUT2D eigenvalue weighted by atomic mass is 32.2. The number of aryl methyl sites for hydroxylation is 4. The highest BCUT2D eigenvalue weighted by Crippen LogP contribution is 2.63. The second-order valence-corrected chi connectivity index (χ2v) is 18.2. The molecule has 3 fully saturated rings. The number of fused-ring (bicyclic) bond motifs is 2. The molecule has 11 nitrogen and oxygen atoms in total. The van der Waals surface area contributed by atoms with Crippen molar-refractivity contribution >= 4 is 51.3 Å². The van der Waals surface area contributed by atoms with Gasteiger partial charge in [-0.25, -0.2) is 9.18 Å². The second kappa shape index (κ2) is 16.9. The number of hydrogen-bond acceptors (Lipinski definition) is 10. The van der Waals surface area contributed by atoms with Crippen LogP contribution in [0.2, 0.25) is 0 Å². The topological polar surface area (TPSA) is 118 Å². The Hall–Kier alpha value is -5.31. The van der Waals surface area contributed by atoms with Crippen molar-refractivity contribution in [3.8, 4) is 22.6 Å². The van der Waals surface area contributed by atoms with Crippen LogP contribution in [0.15, 0.2) is 77.8 Å². The maximum atomic E-state index is 16.5. The Balaban J connectivity index is 0.957. The van der Waals surface area contributed by atoms with Crippen molar-refractivity contribution in [2.24, 2.45) is 20.0 Å². The van der Waals surface area contributed by atoms with E-state index >= 15 is 4.39 Å². The lowest BCUT2D eigenvalue weighted by atomic mass is 9.50. The Labute approximate surface area is 362 Å².